The van der Waals surface area contributed by atoms with Crippen LogP contribution in [0.4, 0.5) is 16.2 Å². The molecule has 0 saturated carbocycles. The Hall–Kier alpha value is -2.67. The van der Waals surface area contributed by atoms with Crippen molar-refractivity contribution in [2.75, 3.05) is 10.0 Å². The van der Waals surface area contributed by atoms with Crippen LogP contribution in [0, 0.1) is 0 Å². The van der Waals surface area contributed by atoms with Crippen molar-refractivity contribution in [3.8, 4) is 0 Å². The van der Waals surface area contributed by atoms with E-state index < -0.39 is 6.09 Å². The van der Waals surface area contributed by atoms with Gasteiger partial charge in [0.25, 0.3) is 6.47 Å². The molecule has 2 N–H and O–H groups in total. The first-order chi connectivity index (χ1) is 11.2. The molecule has 0 spiro atoms. The second-order valence-electron chi connectivity index (χ2n) is 4.61. The molecule has 7 heteroatoms. The molecule has 0 atom stereocenters. The van der Waals surface area contributed by atoms with Gasteiger partial charge in [-0.15, -0.1) is 0 Å². The Morgan fingerprint density at radius 1 is 0.957 bits per heavy atom. The number of thiol groups is 1. The van der Waals surface area contributed by atoms with Crippen LogP contribution in [0.3, 0.4) is 0 Å². The summed E-state index contributed by atoms with van der Waals surface area (Å²) < 4.78 is 12.5. The quantitative estimate of drug-likeness (QED) is 0.535. The zero-order chi connectivity index (χ0) is 16.5. The molecular formula is C16H16N2O4S. The zero-order valence-electron chi connectivity index (χ0n) is 12.2. The maximum atomic E-state index is 11.7. The third-order valence-corrected chi connectivity index (χ3v) is 3.23. The van der Waals surface area contributed by atoms with Gasteiger partial charge in [-0.25, -0.2) is 4.79 Å². The first-order valence-electron chi connectivity index (χ1n) is 6.78. The van der Waals surface area contributed by atoms with Crippen molar-refractivity contribution in [3.05, 3.63) is 59.7 Å². The molecule has 0 saturated heterocycles. The van der Waals surface area contributed by atoms with E-state index in [1.54, 1.807) is 24.3 Å². The monoisotopic (exact) mass is 332 g/mol. The Kier molecular flexibility index (Phi) is 6.31. The van der Waals surface area contributed by atoms with E-state index in [1.165, 1.54) is 0 Å². The summed E-state index contributed by atoms with van der Waals surface area (Å²) in [6.07, 6.45) is -0.543. The van der Waals surface area contributed by atoms with Crippen molar-refractivity contribution in [2.45, 2.75) is 13.2 Å². The first kappa shape index (κ1) is 16.7. The minimum atomic E-state index is -0.543. The molecule has 0 aromatic heterocycles. The van der Waals surface area contributed by atoms with Crippen LogP contribution >= 0.6 is 12.8 Å². The maximum absolute atomic E-state index is 11.7. The summed E-state index contributed by atoms with van der Waals surface area (Å²) in [4.78, 5) is 21.8. The predicted molar refractivity (Wildman–Crippen MR) is 90.2 cm³/mol. The lowest BCUT2D eigenvalue weighted by Crippen LogP contribution is -2.13. The van der Waals surface area contributed by atoms with Gasteiger partial charge in [0.2, 0.25) is 0 Å². The molecule has 1 amide bonds. The molecule has 0 aliphatic rings. The van der Waals surface area contributed by atoms with Gasteiger partial charge in [-0.1, -0.05) is 37.1 Å². The van der Waals surface area contributed by atoms with Gasteiger partial charge in [0.15, 0.2) is 0 Å². The van der Waals surface area contributed by atoms with E-state index in [2.05, 4.69) is 27.6 Å². The van der Waals surface area contributed by atoms with Crippen molar-refractivity contribution in [3.63, 3.8) is 0 Å². The number of carbonyl (C=O) groups is 2. The fourth-order valence-electron chi connectivity index (χ4n) is 1.79. The summed E-state index contributed by atoms with van der Waals surface area (Å²) in [5.41, 5.74) is 3.16. The Morgan fingerprint density at radius 2 is 1.52 bits per heavy atom. The lowest BCUT2D eigenvalue weighted by Gasteiger charge is -2.08. The summed E-state index contributed by atoms with van der Waals surface area (Å²) in [7, 11) is 0. The Labute approximate surface area is 139 Å². The number of carbonyl (C=O) groups excluding carboxylic acids is 2. The normalized spacial score (nSPS) is 9.78. The lowest BCUT2D eigenvalue weighted by atomic mass is 10.2. The molecule has 6 nitrogen and oxygen atoms in total. The molecule has 0 fully saturated rings. The third kappa shape index (κ3) is 5.55. The highest BCUT2D eigenvalue weighted by Gasteiger charge is 2.04. The molecule has 0 unspecified atom stereocenters. The van der Waals surface area contributed by atoms with E-state index in [0.717, 1.165) is 16.8 Å². The van der Waals surface area contributed by atoms with Crippen LogP contribution in [-0.2, 0) is 27.5 Å². The van der Waals surface area contributed by atoms with E-state index >= 15 is 0 Å². The average Bonchev–Trinajstić information content (AvgIpc) is 2.60. The Balaban J connectivity index is 1.80. The molecular weight excluding hydrogens is 316 g/mol. The maximum Gasteiger partial charge on any atom is 0.411 e. The average molecular weight is 332 g/mol. The molecule has 0 radical (unpaired) electrons. The van der Waals surface area contributed by atoms with Crippen LogP contribution < -0.4 is 10.0 Å². The number of hydrogen-bond donors (Lipinski definition) is 3. The van der Waals surface area contributed by atoms with Crippen LogP contribution in [0.1, 0.15) is 11.1 Å². The van der Waals surface area contributed by atoms with Crippen molar-refractivity contribution < 1.29 is 19.1 Å². The number of amides is 1. The van der Waals surface area contributed by atoms with Crippen LogP contribution in [0.2, 0.25) is 0 Å². The summed E-state index contributed by atoms with van der Waals surface area (Å²) in [6.45, 7) is 0.762. The number of benzene rings is 2. The van der Waals surface area contributed by atoms with Crippen LogP contribution in [-0.4, -0.2) is 12.6 Å². The Bertz CT molecular complexity index is 644. The third-order valence-electron chi connectivity index (χ3n) is 2.97. The molecule has 2 aromatic rings. The standard InChI is InChI=1S/C16H16N2O4S/c19-11-21-9-12-1-5-14(6-2-12)17-16(20)22-10-13-3-7-15(18-23)8-4-13/h1-8,11,18,23H,9-10H2,(H,17,20). The fraction of sp³-hybridized carbons (Fsp3) is 0.125. The van der Waals surface area contributed by atoms with Crippen molar-refractivity contribution >= 4 is 36.8 Å². The van der Waals surface area contributed by atoms with E-state index in [1.807, 2.05) is 24.3 Å². The number of nitrogens with one attached hydrogen (secondary N) is 2. The minimum absolute atomic E-state index is 0.171. The van der Waals surface area contributed by atoms with Crippen molar-refractivity contribution in [2.24, 2.45) is 0 Å². The van der Waals surface area contributed by atoms with Gasteiger partial charge in [-0.05, 0) is 35.4 Å². The highest BCUT2D eigenvalue weighted by molar-refractivity contribution is 7.81. The predicted octanol–water partition coefficient (Wildman–Crippen LogP) is 3.37. The summed E-state index contributed by atoms with van der Waals surface area (Å²) in [5, 5.41) is 2.62. The molecule has 0 bridgehead atoms. The lowest BCUT2D eigenvalue weighted by molar-refractivity contribution is -0.129. The number of ether oxygens (including phenoxy) is 2. The summed E-state index contributed by atoms with van der Waals surface area (Å²) >= 11 is 3.94. The van der Waals surface area contributed by atoms with Crippen LogP contribution in [0.25, 0.3) is 0 Å². The second-order valence-corrected chi connectivity index (χ2v) is 4.84. The molecule has 2 aromatic carbocycles. The molecule has 23 heavy (non-hydrogen) atoms. The summed E-state index contributed by atoms with van der Waals surface area (Å²) in [5.74, 6) is 0. The fourth-order valence-corrected chi connectivity index (χ4v) is 1.94. The van der Waals surface area contributed by atoms with Gasteiger partial charge in [0, 0.05) is 11.4 Å². The molecule has 0 heterocycles. The highest BCUT2D eigenvalue weighted by Crippen LogP contribution is 2.13. The van der Waals surface area contributed by atoms with Crippen LogP contribution in [0.15, 0.2) is 48.5 Å². The van der Waals surface area contributed by atoms with E-state index in [4.69, 9.17) is 4.74 Å². The molecule has 2 rings (SSSR count). The zero-order valence-corrected chi connectivity index (χ0v) is 13.1. The minimum Gasteiger partial charge on any atom is -0.463 e. The number of hydrogen-bond acceptors (Lipinski definition) is 6. The van der Waals surface area contributed by atoms with E-state index in [-0.39, 0.29) is 13.2 Å². The molecule has 0 aliphatic carbocycles. The largest absolute Gasteiger partial charge is 0.463 e. The van der Waals surface area contributed by atoms with Gasteiger partial charge in [0.1, 0.15) is 13.2 Å². The van der Waals surface area contributed by atoms with E-state index in [0.29, 0.717) is 12.2 Å². The Morgan fingerprint density at radius 3 is 2.09 bits per heavy atom. The van der Waals surface area contributed by atoms with Crippen molar-refractivity contribution in [1.82, 2.24) is 0 Å². The summed E-state index contributed by atoms with van der Waals surface area (Å²) in [6, 6.07) is 14.3. The molecule has 120 valence electrons. The first-order valence-corrected chi connectivity index (χ1v) is 7.23. The topological polar surface area (TPSA) is 76.7 Å². The van der Waals surface area contributed by atoms with Gasteiger partial charge >= 0.3 is 6.09 Å². The second kappa shape index (κ2) is 8.70. The smallest absolute Gasteiger partial charge is 0.411 e. The number of anilines is 2. The van der Waals surface area contributed by atoms with Gasteiger partial charge in [-0.3, -0.25) is 10.1 Å². The van der Waals surface area contributed by atoms with Gasteiger partial charge < -0.3 is 14.2 Å². The molecule has 0 aliphatic heterocycles. The van der Waals surface area contributed by atoms with Gasteiger partial charge in [0.05, 0.1) is 0 Å². The van der Waals surface area contributed by atoms with Gasteiger partial charge in [-0.2, -0.15) is 0 Å². The van der Waals surface area contributed by atoms with E-state index in [9.17, 15) is 9.59 Å². The SMILES string of the molecule is O=COCc1ccc(NC(=O)OCc2ccc(NS)cc2)cc1. The van der Waals surface area contributed by atoms with Crippen LogP contribution in [0.5, 0.6) is 0 Å². The highest BCUT2D eigenvalue weighted by atomic mass is 32.1. The van der Waals surface area contributed by atoms with Crippen molar-refractivity contribution in [1.29, 1.82) is 0 Å². The number of rotatable bonds is 7.